The third kappa shape index (κ3) is 5.51. The van der Waals surface area contributed by atoms with E-state index in [-0.39, 0.29) is 62.9 Å². The number of methoxy groups -OCH3 is 2. The number of rotatable bonds is 9. The van der Waals surface area contributed by atoms with Gasteiger partial charge in [-0.3, -0.25) is 4.90 Å². The van der Waals surface area contributed by atoms with Crippen molar-refractivity contribution in [3.63, 3.8) is 0 Å². The lowest BCUT2D eigenvalue weighted by molar-refractivity contribution is -0.0457. The molecule has 2 aromatic carbocycles. The van der Waals surface area contributed by atoms with Crippen molar-refractivity contribution in [3.8, 4) is 41.2 Å². The highest BCUT2D eigenvalue weighted by atomic mass is 19.1. The summed E-state index contributed by atoms with van der Waals surface area (Å²) in [5, 5.41) is 11.7. The van der Waals surface area contributed by atoms with Crippen molar-refractivity contribution in [1.29, 1.82) is 0 Å². The largest absolute Gasteiger partial charge is 0.508 e. The molecule has 9 rings (SSSR count). The molecule has 1 N–H and O–H groups in total. The van der Waals surface area contributed by atoms with Gasteiger partial charge in [0.2, 0.25) is 5.88 Å². The van der Waals surface area contributed by atoms with E-state index >= 15 is 8.78 Å². The second kappa shape index (κ2) is 13.0. The Morgan fingerprint density at radius 1 is 1.06 bits per heavy atom. The highest BCUT2D eigenvalue weighted by Gasteiger charge is 2.50. The number of aromatic hydroxyl groups is 1. The number of likely N-dealkylation sites (tertiary alicyclic amines) is 1. The van der Waals surface area contributed by atoms with E-state index in [9.17, 15) is 5.11 Å². The lowest BCUT2D eigenvalue weighted by atomic mass is 9.74. The molecule has 0 spiro atoms. The van der Waals surface area contributed by atoms with Gasteiger partial charge in [-0.05, 0) is 81.0 Å². The lowest BCUT2D eigenvalue weighted by Gasteiger charge is -2.48. The molecule has 5 fully saturated rings. The monoisotopic (exact) mass is 711 g/mol. The molecule has 0 radical (unpaired) electrons. The number of benzene rings is 2. The van der Waals surface area contributed by atoms with Crippen LogP contribution in [-0.2, 0) is 9.47 Å². The molecule has 52 heavy (non-hydrogen) atoms. The normalized spacial score (nSPS) is 28.3. The number of pyridine rings is 1. The summed E-state index contributed by atoms with van der Waals surface area (Å²) < 4.78 is 56.1. The van der Waals surface area contributed by atoms with Gasteiger partial charge in [0.05, 0.1) is 44.1 Å². The number of anilines is 1. The van der Waals surface area contributed by atoms with Crippen molar-refractivity contribution in [3.05, 3.63) is 41.5 Å². The second-order valence-corrected chi connectivity index (χ2v) is 15.3. The Morgan fingerprint density at radius 2 is 1.90 bits per heavy atom. The maximum absolute atomic E-state index is 17.2. The van der Waals surface area contributed by atoms with Gasteiger partial charge in [-0.25, -0.2) is 13.8 Å². The number of halogens is 2. The quantitative estimate of drug-likeness (QED) is 0.201. The van der Waals surface area contributed by atoms with Crippen LogP contribution < -0.4 is 14.4 Å². The van der Waals surface area contributed by atoms with E-state index in [0.29, 0.717) is 54.4 Å². The van der Waals surface area contributed by atoms with Gasteiger partial charge in [-0.2, -0.15) is 9.97 Å². The third-order valence-electron chi connectivity index (χ3n) is 12.3. The molecule has 2 aliphatic heterocycles. The maximum atomic E-state index is 17.2. The standard InChI is InChI=1S/C40H43F2N5O5/c1-4-26-28(41)9-8-23-17-24(48)18-27(32(23)26)35-34(42)36-33(38(43-35)50-3)37(47-13-14-51-30-19-29(30)47)45-39(44-36)52-21-40-10-5-7-31(40)46(12-6-11-40)20-22-15-25(16-22)49-2/h1,8-9,17-18,22,25,29-31,48H,5-7,10-16,19-21H2,2-3H3. The van der Waals surface area contributed by atoms with Crippen LogP contribution in [-0.4, -0.2) is 96.3 Å². The average Bonchev–Trinajstić information content (AvgIpc) is 3.81. The molecule has 2 aromatic heterocycles. The van der Waals surface area contributed by atoms with Crippen molar-refractivity contribution in [2.24, 2.45) is 11.3 Å². The van der Waals surface area contributed by atoms with E-state index in [1.54, 1.807) is 7.11 Å². The number of piperidine rings is 1. The van der Waals surface area contributed by atoms with Gasteiger partial charge in [-0.1, -0.05) is 18.4 Å². The molecule has 4 heterocycles. The smallest absolute Gasteiger partial charge is 0.319 e. The minimum Gasteiger partial charge on any atom is -0.508 e. The fourth-order valence-electron chi connectivity index (χ4n) is 9.64. The number of phenols is 1. The first kappa shape index (κ1) is 33.5. The SMILES string of the molecule is C#Cc1c(F)ccc2cc(O)cc(-c3nc(OC)c4c(N5CCOC6CC65)nc(OCC56CCCC5N(CC5CC(OC)C5)CCC6)nc4c3F)c12. The molecule has 4 aromatic rings. The molecule has 4 unspecified atom stereocenters. The van der Waals surface area contributed by atoms with Crippen LogP contribution in [0, 0.1) is 35.3 Å². The lowest BCUT2D eigenvalue weighted by Crippen LogP contribution is -2.54. The van der Waals surface area contributed by atoms with Crippen molar-refractivity contribution in [1.82, 2.24) is 19.9 Å². The minimum absolute atomic E-state index is 0.0379. The molecule has 3 aliphatic carbocycles. The van der Waals surface area contributed by atoms with E-state index in [2.05, 4.69) is 20.7 Å². The Labute approximate surface area is 301 Å². The van der Waals surface area contributed by atoms with E-state index in [1.165, 1.54) is 31.4 Å². The number of aromatic nitrogens is 3. The summed E-state index contributed by atoms with van der Waals surface area (Å²) >= 11 is 0. The average molecular weight is 712 g/mol. The van der Waals surface area contributed by atoms with Crippen LogP contribution in [0.1, 0.15) is 56.9 Å². The van der Waals surface area contributed by atoms with Crippen LogP contribution in [0.3, 0.4) is 0 Å². The van der Waals surface area contributed by atoms with Crippen molar-refractivity contribution in [2.45, 2.75) is 75.7 Å². The van der Waals surface area contributed by atoms with Crippen LogP contribution in [0.4, 0.5) is 14.6 Å². The molecule has 12 heteroatoms. The third-order valence-corrected chi connectivity index (χ3v) is 12.3. The number of terminal acetylenes is 1. The first-order valence-corrected chi connectivity index (χ1v) is 18.5. The number of hydrogen-bond acceptors (Lipinski definition) is 10. The molecule has 4 atom stereocenters. The second-order valence-electron chi connectivity index (χ2n) is 15.3. The molecule has 3 saturated carbocycles. The maximum Gasteiger partial charge on any atom is 0.319 e. The van der Waals surface area contributed by atoms with Crippen LogP contribution in [0.15, 0.2) is 24.3 Å². The zero-order valence-corrected chi connectivity index (χ0v) is 29.5. The Kier molecular flexibility index (Phi) is 8.36. The van der Waals surface area contributed by atoms with Crippen LogP contribution in [0.2, 0.25) is 0 Å². The number of phenolic OH excluding ortho intramolecular Hbond substituents is 1. The molecule has 2 saturated heterocycles. The van der Waals surface area contributed by atoms with Gasteiger partial charge < -0.3 is 29.0 Å². The summed E-state index contributed by atoms with van der Waals surface area (Å²) in [5.41, 5.74) is -0.203. The van der Waals surface area contributed by atoms with Gasteiger partial charge in [0.25, 0.3) is 0 Å². The topological polar surface area (TPSA) is 102 Å². The summed E-state index contributed by atoms with van der Waals surface area (Å²) in [6.07, 6.45) is 14.7. The summed E-state index contributed by atoms with van der Waals surface area (Å²) in [6, 6.07) is 6.08. The van der Waals surface area contributed by atoms with Crippen molar-refractivity contribution < 1.29 is 32.8 Å². The molecule has 10 nitrogen and oxygen atoms in total. The minimum atomic E-state index is -0.778. The van der Waals surface area contributed by atoms with Gasteiger partial charge in [-0.15, -0.1) is 6.42 Å². The van der Waals surface area contributed by atoms with Gasteiger partial charge in [0.1, 0.15) is 34.0 Å². The van der Waals surface area contributed by atoms with Crippen molar-refractivity contribution >= 4 is 27.5 Å². The predicted octanol–water partition coefficient (Wildman–Crippen LogP) is 6.23. The number of hydrogen-bond donors (Lipinski definition) is 1. The molecular weight excluding hydrogens is 668 g/mol. The Bertz CT molecular complexity index is 2100. The predicted molar refractivity (Wildman–Crippen MR) is 192 cm³/mol. The van der Waals surface area contributed by atoms with Crippen LogP contribution >= 0.6 is 0 Å². The van der Waals surface area contributed by atoms with Gasteiger partial charge >= 0.3 is 6.01 Å². The number of nitrogens with zero attached hydrogens (tertiary/aromatic N) is 5. The summed E-state index contributed by atoms with van der Waals surface area (Å²) in [4.78, 5) is 19.1. The Balaban J connectivity index is 1.14. The van der Waals surface area contributed by atoms with Crippen LogP contribution in [0.25, 0.3) is 32.9 Å². The summed E-state index contributed by atoms with van der Waals surface area (Å²) in [7, 11) is 3.25. The Hall–Kier alpha value is -4.31. The van der Waals surface area contributed by atoms with Crippen LogP contribution in [0.5, 0.6) is 17.6 Å². The highest BCUT2D eigenvalue weighted by molar-refractivity contribution is 6.04. The fraction of sp³-hybridized carbons (Fsp3) is 0.525. The molecule has 0 bridgehead atoms. The zero-order chi connectivity index (χ0) is 35.7. The summed E-state index contributed by atoms with van der Waals surface area (Å²) in [5.74, 6) is 2.06. The Morgan fingerprint density at radius 3 is 2.71 bits per heavy atom. The number of morpholine rings is 1. The van der Waals surface area contributed by atoms with E-state index < -0.39 is 11.6 Å². The number of ether oxygens (including phenoxy) is 4. The molecular formula is C40H43F2N5O5. The first-order chi connectivity index (χ1) is 25.3. The van der Waals surface area contributed by atoms with Gasteiger partial charge in [0.15, 0.2) is 5.82 Å². The molecule has 272 valence electrons. The first-order valence-electron chi connectivity index (χ1n) is 18.5. The molecule has 0 amide bonds. The fourth-order valence-corrected chi connectivity index (χ4v) is 9.64. The van der Waals surface area contributed by atoms with E-state index in [1.807, 2.05) is 0 Å². The zero-order valence-electron chi connectivity index (χ0n) is 29.5. The van der Waals surface area contributed by atoms with E-state index in [0.717, 1.165) is 64.5 Å². The van der Waals surface area contributed by atoms with E-state index in [4.69, 9.17) is 35.3 Å². The highest BCUT2D eigenvalue weighted by Crippen LogP contribution is 2.50. The number of fused-ring (bicyclic) bond motifs is 4. The summed E-state index contributed by atoms with van der Waals surface area (Å²) in [6.45, 7) is 3.65. The van der Waals surface area contributed by atoms with Crippen molar-refractivity contribution in [2.75, 3.05) is 52.0 Å². The van der Waals surface area contributed by atoms with Gasteiger partial charge in [0, 0.05) is 42.6 Å². The molecule has 5 aliphatic rings.